The number of aryl methyl sites for hydroxylation is 1. The van der Waals surface area contributed by atoms with Crippen molar-refractivity contribution >= 4 is 16.7 Å². The number of hydrogen-bond donors (Lipinski definition) is 0. The summed E-state index contributed by atoms with van der Waals surface area (Å²) in [5.41, 5.74) is 2.81. The molecule has 3 aromatic rings. The quantitative estimate of drug-likeness (QED) is 0.691. The third kappa shape index (κ3) is 2.34. The highest BCUT2D eigenvalue weighted by atomic mass is 16.7. The SMILES string of the molecule is COc1ccc(C(=O)c2cnc3cc4c(cc3c2)OCO4)c(C)c1. The Morgan fingerprint density at radius 2 is 1.92 bits per heavy atom. The van der Waals surface area contributed by atoms with E-state index in [0.29, 0.717) is 22.6 Å². The van der Waals surface area contributed by atoms with Gasteiger partial charge in [0.25, 0.3) is 0 Å². The van der Waals surface area contributed by atoms with Crippen molar-refractivity contribution in [2.24, 2.45) is 0 Å². The average molecular weight is 321 g/mol. The van der Waals surface area contributed by atoms with Crippen molar-refractivity contribution in [1.82, 2.24) is 4.98 Å². The number of ether oxygens (including phenoxy) is 3. The first-order valence-corrected chi connectivity index (χ1v) is 7.54. The topological polar surface area (TPSA) is 57.7 Å². The molecule has 0 saturated carbocycles. The van der Waals surface area contributed by atoms with Crippen LogP contribution in [-0.4, -0.2) is 24.7 Å². The Hall–Kier alpha value is -3.08. The number of pyridine rings is 1. The zero-order valence-corrected chi connectivity index (χ0v) is 13.3. The lowest BCUT2D eigenvalue weighted by Crippen LogP contribution is -2.04. The maximum absolute atomic E-state index is 12.8. The van der Waals surface area contributed by atoms with Crippen LogP contribution in [0.5, 0.6) is 17.2 Å². The van der Waals surface area contributed by atoms with Crippen LogP contribution in [0.4, 0.5) is 0 Å². The van der Waals surface area contributed by atoms with Crippen LogP contribution in [0.3, 0.4) is 0 Å². The number of carbonyl (C=O) groups is 1. The third-order valence-corrected chi connectivity index (χ3v) is 4.12. The Balaban J connectivity index is 1.76. The van der Waals surface area contributed by atoms with Gasteiger partial charge in [0.15, 0.2) is 17.3 Å². The Morgan fingerprint density at radius 1 is 1.12 bits per heavy atom. The van der Waals surface area contributed by atoms with E-state index in [0.717, 1.165) is 22.2 Å². The van der Waals surface area contributed by atoms with Gasteiger partial charge < -0.3 is 14.2 Å². The van der Waals surface area contributed by atoms with Crippen LogP contribution in [0.2, 0.25) is 0 Å². The Bertz CT molecular complexity index is 965. The maximum Gasteiger partial charge on any atom is 0.231 e. The highest BCUT2D eigenvalue weighted by molar-refractivity contribution is 6.11. The van der Waals surface area contributed by atoms with Crippen LogP contribution in [0.1, 0.15) is 21.5 Å². The standard InChI is InChI=1S/C19H15NO4/c1-11-5-14(22-2)3-4-15(11)19(21)13-6-12-7-17-18(24-10-23-17)8-16(12)20-9-13/h3-9H,10H2,1-2H3. The van der Waals surface area contributed by atoms with Gasteiger partial charge in [-0.3, -0.25) is 9.78 Å². The van der Waals surface area contributed by atoms with E-state index in [1.807, 2.05) is 31.2 Å². The van der Waals surface area contributed by atoms with Crippen molar-refractivity contribution in [3.8, 4) is 17.2 Å². The van der Waals surface area contributed by atoms with E-state index in [4.69, 9.17) is 14.2 Å². The van der Waals surface area contributed by atoms with E-state index in [1.54, 1.807) is 25.4 Å². The highest BCUT2D eigenvalue weighted by Gasteiger charge is 2.17. The van der Waals surface area contributed by atoms with E-state index < -0.39 is 0 Å². The number of aromatic nitrogens is 1. The van der Waals surface area contributed by atoms with Crippen molar-refractivity contribution in [1.29, 1.82) is 0 Å². The van der Waals surface area contributed by atoms with Gasteiger partial charge in [0.2, 0.25) is 6.79 Å². The van der Waals surface area contributed by atoms with Crippen molar-refractivity contribution in [3.63, 3.8) is 0 Å². The largest absolute Gasteiger partial charge is 0.497 e. The van der Waals surface area contributed by atoms with Crippen molar-refractivity contribution in [3.05, 3.63) is 59.3 Å². The minimum Gasteiger partial charge on any atom is -0.497 e. The Kier molecular flexibility index (Phi) is 3.34. The van der Waals surface area contributed by atoms with E-state index in [1.165, 1.54) is 0 Å². The zero-order valence-electron chi connectivity index (χ0n) is 13.3. The molecular formula is C19H15NO4. The van der Waals surface area contributed by atoms with Crippen LogP contribution in [-0.2, 0) is 0 Å². The molecule has 4 rings (SSSR count). The predicted molar refractivity (Wildman–Crippen MR) is 89.0 cm³/mol. The number of hydrogen-bond acceptors (Lipinski definition) is 5. The molecule has 0 saturated heterocycles. The molecular weight excluding hydrogens is 306 g/mol. The molecule has 24 heavy (non-hydrogen) atoms. The number of nitrogens with zero attached hydrogens (tertiary/aromatic N) is 1. The lowest BCUT2D eigenvalue weighted by molar-refractivity contribution is 0.103. The van der Waals surface area contributed by atoms with Crippen molar-refractivity contribution < 1.29 is 19.0 Å². The van der Waals surface area contributed by atoms with Crippen molar-refractivity contribution in [2.75, 3.05) is 13.9 Å². The molecule has 120 valence electrons. The van der Waals surface area contributed by atoms with Crippen LogP contribution < -0.4 is 14.2 Å². The summed E-state index contributed by atoms with van der Waals surface area (Å²) in [6.07, 6.45) is 1.59. The van der Waals surface area contributed by atoms with Crippen LogP contribution in [0.25, 0.3) is 10.9 Å². The predicted octanol–water partition coefficient (Wildman–Crippen LogP) is 3.51. The van der Waals surface area contributed by atoms with Crippen LogP contribution in [0, 0.1) is 6.92 Å². The second-order valence-electron chi connectivity index (χ2n) is 5.63. The lowest BCUT2D eigenvalue weighted by Gasteiger charge is -2.08. The second-order valence-corrected chi connectivity index (χ2v) is 5.63. The summed E-state index contributed by atoms with van der Waals surface area (Å²) in [5.74, 6) is 2.02. The summed E-state index contributed by atoms with van der Waals surface area (Å²) in [6.45, 7) is 2.10. The fourth-order valence-electron chi connectivity index (χ4n) is 2.82. The summed E-state index contributed by atoms with van der Waals surface area (Å²) in [7, 11) is 1.60. The fraction of sp³-hybridized carbons (Fsp3) is 0.158. The van der Waals surface area contributed by atoms with Gasteiger partial charge in [0, 0.05) is 28.8 Å². The molecule has 0 atom stereocenters. The maximum atomic E-state index is 12.8. The van der Waals surface area contributed by atoms with Gasteiger partial charge in [-0.05, 0) is 42.8 Å². The molecule has 0 radical (unpaired) electrons. The molecule has 1 aliphatic heterocycles. The molecule has 0 bridgehead atoms. The van der Waals surface area contributed by atoms with E-state index >= 15 is 0 Å². The van der Waals surface area contributed by atoms with Gasteiger partial charge in [-0.15, -0.1) is 0 Å². The number of ketones is 1. The number of rotatable bonds is 3. The smallest absolute Gasteiger partial charge is 0.231 e. The lowest BCUT2D eigenvalue weighted by atomic mass is 9.99. The van der Waals surface area contributed by atoms with E-state index in [2.05, 4.69) is 4.98 Å². The number of carbonyl (C=O) groups excluding carboxylic acids is 1. The molecule has 5 nitrogen and oxygen atoms in total. The van der Waals surface area contributed by atoms with Gasteiger partial charge >= 0.3 is 0 Å². The summed E-state index contributed by atoms with van der Waals surface area (Å²) < 4.78 is 15.9. The first-order valence-electron chi connectivity index (χ1n) is 7.54. The van der Waals surface area contributed by atoms with Gasteiger partial charge in [0.05, 0.1) is 12.6 Å². The Morgan fingerprint density at radius 3 is 2.67 bits per heavy atom. The second kappa shape index (κ2) is 5.53. The third-order valence-electron chi connectivity index (χ3n) is 4.12. The molecule has 1 aliphatic rings. The fourth-order valence-corrected chi connectivity index (χ4v) is 2.82. The Labute approximate surface area is 138 Å². The minimum absolute atomic E-state index is 0.0674. The summed E-state index contributed by atoms with van der Waals surface area (Å²) in [6, 6.07) is 10.9. The number of methoxy groups -OCH3 is 1. The molecule has 0 fully saturated rings. The minimum atomic E-state index is -0.0674. The molecule has 2 aromatic carbocycles. The van der Waals surface area contributed by atoms with E-state index in [9.17, 15) is 4.79 Å². The summed E-state index contributed by atoms with van der Waals surface area (Å²) >= 11 is 0. The molecule has 0 N–H and O–H groups in total. The monoisotopic (exact) mass is 321 g/mol. The summed E-state index contributed by atoms with van der Waals surface area (Å²) in [4.78, 5) is 17.2. The molecule has 0 amide bonds. The molecule has 0 spiro atoms. The van der Waals surface area contributed by atoms with Gasteiger partial charge in [0.1, 0.15) is 5.75 Å². The average Bonchev–Trinajstić information content (AvgIpc) is 3.05. The number of benzene rings is 2. The van der Waals surface area contributed by atoms with Gasteiger partial charge in [-0.1, -0.05) is 0 Å². The first kappa shape index (κ1) is 14.5. The molecule has 0 aliphatic carbocycles. The molecule has 1 aromatic heterocycles. The van der Waals surface area contributed by atoms with E-state index in [-0.39, 0.29) is 12.6 Å². The van der Waals surface area contributed by atoms with Gasteiger partial charge in [-0.25, -0.2) is 0 Å². The highest BCUT2D eigenvalue weighted by Crippen LogP contribution is 2.35. The normalized spacial score (nSPS) is 12.4. The zero-order chi connectivity index (χ0) is 16.7. The van der Waals surface area contributed by atoms with Crippen LogP contribution in [0.15, 0.2) is 42.6 Å². The van der Waals surface area contributed by atoms with Crippen LogP contribution >= 0.6 is 0 Å². The molecule has 5 heteroatoms. The first-order chi connectivity index (χ1) is 11.7. The van der Waals surface area contributed by atoms with Crippen molar-refractivity contribution in [2.45, 2.75) is 6.92 Å². The molecule has 2 heterocycles. The number of fused-ring (bicyclic) bond motifs is 2. The molecule has 0 unspecified atom stereocenters. The summed E-state index contributed by atoms with van der Waals surface area (Å²) in [5, 5.41) is 0.844. The van der Waals surface area contributed by atoms with Gasteiger partial charge in [-0.2, -0.15) is 0 Å².